The molecule has 4 rings (SSSR count). The zero-order chi connectivity index (χ0) is 19.9. The van der Waals surface area contributed by atoms with Crippen LogP contribution >= 0.6 is 0 Å². The molecule has 0 atom stereocenters. The van der Waals surface area contributed by atoms with Crippen molar-refractivity contribution in [2.45, 2.75) is 19.4 Å². The van der Waals surface area contributed by atoms with E-state index in [-0.39, 0.29) is 5.82 Å². The number of hydrogen-bond donors (Lipinski definition) is 2. The third-order valence-electron chi connectivity index (χ3n) is 4.74. The second kappa shape index (κ2) is 9.38. The molecule has 29 heavy (non-hydrogen) atoms. The minimum atomic E-state index is -0.524. The number of halogens is 1. The van der Waals surface area contributed by atoms with Crippen LogP contribution in [0.3, 0.4) is 0 Å². The van der Waals surface area contributed by atoms with Crippen molar-refractivity contribution < 1.29 is 13.5 Å². The fourth-order valence-corrected chi connectivity index (χ4v) is 3.20. The van der Waals surface area contributed by atoms with Crippen molar-refractivity contribution in [3.63, 3.8) is 0 Å². The number of benzene rings is 1. The fourth-order valence-electron chi connectivity index (χ4n) is 3.20. The minimum Gasteiger partial charge on any atom is -0.492 e. The number of furan rings is 1. The average Bonchev–Trinajstić information content (AvgIpc) is 3.44. The molecule has 3 aromatic rings. The molecule has 1 aliphatic heterocycles. The summed E-state index contributed by atoms with van der Waals surface area (Å²) in [5, 5.41) is 5.99. The third-order valence-corrected chi connectivity index (χ3v) is 4.74. The number of nitrogens with zero attached hydrogens (tertiary/aromatic N) is 3. The fraction of sp³-hybridized carbons (Fsp3) is 0.333. The van der Waals surface area contributed by atoms with E-state index in [0.29, 0.717) is 24.9 Å². The Kier molecular flexibility index (Phi) is 6.21. The molecular weight excluding hydrogens is 373 g/mol. The summed E-state index contributed by atoms with van der Waals surface area (Å²) in [6.07, 6.45) is 5.27. The number of aromatic nitrogens is 2. The molecule has 3 heterocycles. The SMILES string of the molecule is Fc1cnc(Nc2ccc(OCCN3CCCC3)cc2)nc1NCc1ccco1. The monoisotopic (exact) mass is 397 g/mol. The summed E-state index contributed by atoms with van der Waals surface area (Å²) in [5.41, 5.74) is 0.792. The van der Waals surface area contributed by atoms with Gasteiger partial charge in [-0.05, 0) is 62.3 Å². The van der Waals surface area contributed by atoms with Gasteiger partial charge in [-0.3, -0.25) is 4.90 Å². The average molecular weight is 397 g/mol. The Hall–Kier alpha value is -3.13. The standard InChI is InChI=1S/C21H24FN5O2/c22-19-15-24-21(26-20(19)23-14-18-4-3-12-28-18)25-16-5-7-17(8-6-16)29-13-11-27-9-1-2-10-27/h3-8,12,15H,1-2,9-11,13-14H2,(H2,23,24,25,26). The lowest BCUT2D eigenvalue weighted by Gasteiger charge is -2.15. The molecule has 0 aliphatic carbocycles. The molecule has 2 N–H and O–H groups in total. The number of ether oxygens (including phenoxy) is 1. The molecular formula is C21H24FN5O2. The van der Waals surface area contributed by atoms with Gasteiger partial charge in [-0.15, -0.1) is 0 Å². The van der Waals surface area contributed by atoms with E-state index in [9.17, 15) is 4.39 Å². The molecule has 0 bridgehead atoms. The van der Waals surface area contributed by atoms with E-state index in [1.165, 1.54) is 25.9 Å². The van der Waals surface area contributed by atoms with Gasteiger partial charge in [0.15, 0.2) is 11.6 Å². The zero-order valence-electron chi connectivity index (χ0n) is 16.1. The molecule has 1 aromatic carbocycles. The Morgan fingerprint density at radius 2 is 1.97 bits per heavy atom. The first-order valence-corrected chi connectivity index (χ1v) is 9.77. The van der Waals surface area contributed by atoms with Gasteiger partial charge in [0.2, 0.25) is 5.95 Å². The van der Waals surface area contributed by atoms with Gasteiger partial charge in [-0.2, -0.15) is 4.98 Å². The Morgan fingerprint density at radius 3 is 2.72 bits per heavy atom. The van der Waals surface area contributed by atoms with Gasteiger partial charge in [-0.25, -0.2) is 9.37 Å². The van der Waals surface area contributed by atoms with Crippen molar-refractivity contribution >= 4 is 17.5 Å². The molecule has 8 heteroatoms. The highest BCUT2D eigenvalue weighted by Gasteiger charge is 2.11. The first-order chi connectivity index (χ1) is 14.3. The van der Waals surface area contributed by atoms with Crippen LogP contribution < -0.4 is 15.4 Å². The highest BCUT2D eigenvalue weighted by atomic mass is 19.1. The summed E-state index contributed by atoms with van der Waals surface area (Å²) in [4.78, 5) is 10.6. The van der Waals surface area contributed by atoms with Crippen LogP contribution in [0.5, 0.6) is 5.75 Å². The number of likely N-dealkylation sites (tertiary alicyclic amines) is 1. The number of rotatable bonds is 9. The van der Waals surface area contributed by atoms with Crippen LogP contribution in [0.1, 0.15) is 18.6 Å². The smallest absolute Gasteiger partial charge is 0.229 e. The van der Waals surface area contributed by atoms with Gasteiger partial charge in [0.05, 0.1) is 19.0 Å². The Bertz CT molecular complexity index is 896. The lowest BCUT2D eigenvalue weighted by atomic mass is 10.3. The van der Waals surface area contributed by atoms with Crippen LogP contribution in [0, 0.1) is 5.82 Å². The van der Waals surface area contributed by atoms with E-state index in [0.717, 1.165) is 24.2 Å². The molecule has 0 radical (unpaired) electrons. The van der Waals surface area contributed by atoms with Crippen molar-refractivity contribution in [3.8, 4) is 5.75 Å². The molecule has 1 fully saturated rings. The van der Waals surface area contributed by atoms with Gasteiger partial charge in [0.25, 0.3) is 0 Å². The Morgan fingerprint density at radius 1 is 1.14 bits per heavy atom. The highest BCUT2D eigenvalue weighted by molar-refractivity contribution is 5.56. The van der Waals surface area contributed by atoms with Gasteiger partial charge in [0.1, 0.15) is 18.1 Å². The lowest BCUT2D eigenvalue weighted by molar-refractivity contribution is 0.238. The predicted molar refractivity (Wildman–Crippen MR) is 109 cm³/mol. The van der Waals surface area contributed by atoms with Crippen molar-refractivity contribution in [2.24, 2.45) is 0 Å². The number of nitrogens with one attached hydrogen (secondary N) is 2. The van der Waals surface area contributed by atoms with Crippen LogP contribution in [-0.4, -0.2) is 41.1 Å². The van der Waals surface area contributed by atoms with E-state index in [2.05, 4.69) is 25.5 Å². The van der Waals surface area contributed by atoms with E-state index >= 15 is 0 Å². The lowest BCUT2D eigenvalue weighted by Crippen LogP contribution is -2.25. The maximum absolute atomic E-state index is 14.0. The van der Waals surface area contributed by atoms with Crippen LogP contribution in [0.25, 0.3) is 0 Å². The second-order valence-corrected chi connectivity index (χ2v) is 6.87. The second-order valence-electron chi connectivity index (χ2n) is 6.87. The minimum absolute atomic E-state index is 0.112. The third kappa shape index (κ3) is 5.45. The molecule has 1 saturated heterocycles. The van der Waals surface area contributed by atoms with E-state index in [1.54, 1.807) is 18.4 Å². The summed E-state index contributed by atoms with van der Waals surface area (Å²) in [6, 6.07) is 11.1. The molecule has 0 spiro atoms. The van der Waals surface area contributed by atoms with Crippen LogP contribution in [0.2, 0.25) is 0 Å². The summed E-state index contributed by atoms with van der Waals surface area (Å²) in [5.74, 6) is 1.40. The Balaban J connectivity index is 1.30. The van der Waals surface area contributed by atoms with Gasteiger partial charge in [-0.1, -0.05) is 0 Å². The van der Waals surface area contributed by atoms with E-state index in [4.69, 9.17) is 9.15 Å². The van der Waals surface area contributed by atoms with Crippen molar-refractivity contribution in [3.05, 3.63) is 60.4 Å². The van der Waals surface area contributed by atoms with Gasteiger partial charge in [0, 0.05) is 12.2 Å². The summed E-state index contributed by atoms with van der Waals surface area (Å²) < 4.78 is 25.0. The highest BCUT2D eigenvalue weighted by Crippen LogP contribution is 2.20. The molecule has 0 unspecified atom stereocenters. The molecule has 7 nitrogen and oxygen atoms in total. The summed E-state index contributed by atoms with van der Waals surface area (Å²) >= 11 is 0. The first-order valence-electron chi connectivity index (χ1n) is 9.77. The summed E-state index contributed by atoms with van der Waals surface area (Å²) in [6.45, 7) is 4.31. The quantitative estimate of drug-likeness (QED) is 0.564. The molecule has 152 valence electrons. The van der Waals surface area contributed by atoms with E-state index < -0.39 is 5.82 Å². The zero-order valence-corrected chi connectivity index (χ0v) is 16.1. The largest absolute Gasteiger partial charge is 0.492 e. The van der Waals surface area contributed by atoms with Crippen LogP contribution in [-0.2, 0) is 6.54 Å². The van der Waals surface area contributed by atoms with Crippen molar-refractivity contribution in [1.29, 1.82) is 0 Å². The molecule has 1 aliphatic rings. The van der Waals surface area contributed by atoms with Gasteiger partial charge >= 0.3 is 0 Å². The van der Waals surface area contributed by atoms with Crippen molar-refractivity contribution in [2.75, 3.05) is 36.9 Å². The van der Waals surface area contributed by atoms with Crippen molar-refractivity contribution in [1.82, 2.24) is 14.9 Å². The molecule has 0 saturated carbocycles. The molecule has 2 aromatic heterocycles. The Labute approximate surface area is 168 Å². The van der Waals surface area contributed by atoms with E-state index in [1.807, 2.05) is 24.3 Å². The normalized spacial score (nSPS) is 14.1. The van der Waals surface area contributed by atoms with Crippen LogP contribution in [0.4, 0.5) is 21.8 Å². The maximum Gasteiger partial charge on any atom is 0.229 e. The number of anilines is 3. The van der Waals surface area contributed by atoms with Gasteiger partial charge < -0.3 is 19.8 Å². The maximum atomic E-state index is 14.0. The predicted octanol–water partition coefficient (Wildman–Crippen LogP) is 4.04. The topological polar surface area (TPSA) is 75.5 Å². The molecule has 0 amide bonds. The summed E-state index contributed by atoms with van der Waals surface area (Å²) in [7, 11) is 0. The van der Waals surface area contributed by atoms with Crippen LogP contribution in [0.15, 0.2) is 53.3 Å². The first kappa shape index (κ1) is 19.2. The number of hydrogen-bond acceptors (Lipinski definition) is 7.